The van der Waals surface area contributed by atoms with Crippen LogP contribution >= 0.6 is 11.3 Å². The molecule has 6 heteroatoms. The fourth-order valence-corrected chi connectivity index (χ4v) is 1.89. The fraction of sp³-hybridized carbons (Fsp3) is 0.636. The van der Waals surface area contributed by atoms with Gasteiger partial charge in [0.2, 0.25) is 0 Å². The second-order valence-electron chi connectivity index (χ2n) is 4.77. The number of carbonyl (C=O) groups is 1. The van der Waals surface area contributed by atoms with Gasteiger partial charge in [-0.25, -0.2) is 9.78 Å². The molecule has 1 atom stereocenters. The minimum absolute atomic E-state index is 0.145. The van der Waals surface area contributed by atoms with Crippen LogP contribution in [0.5, 0.6) is 0 Å². The van der Waals surface area contributed by atoms with E-state index in [0.29, 0.717) is 13.0 Å². The molecule has 1 aromatic heterocycles. The Kier molecular flexibility index (Phi) is 4.89. The molecule has 1 rings (SSSR count). The quantitative estimate of drug-likeness (QED) is 0.857. The molecule has 0 bridgehead atoms. The molecule has 0 saturated heterocycles. The molecule has 0 aromatic carbocycles. The fourth-order valence-electron chi connectivity index (χ4n) is 1.18. The summed E-state index contributed by atoms with van der Waals surface area (Å²) in [6, 6.07) is -0.145. The molecular weight excluding hydrogens is 238 g/mol. The third-order valence-corrected chi connectivity index (χ3v) is 2.63. The SMILES string of the molecule is CC(C)(C)OC(=O)NCC(N)Cc1nccs1. The highest BCUT2D eigenvalue weighted by atomic mass is 32.1. The van der Waals surface area contributed by atoms with Crippen LogP contribution < -0.4 is 11.1 Å². The van der Waals surface area contributed by atoms with Crippen LogP contribution in [0, 0.1) is 0 Å². The summed E-state index contributed by atoms with van der Waals surface area (Å²) in [6.07, 6.45) is 1.97. The van der Waals surface area contributed by atoms with E-state index in [0.717, 1.165) is 5.01 Å². The topological polar surface area (TPSA) is 77.2 Å². The standard InChI is InChI=1S/C11H19N3O2S/c1-11(2,3)16-10(15)14-7-8(12)6-9-13-4-5-17-9/h4-5,8H,6-7,12H2,1-3H3,(H,14,15). The summed E-state index contributed by atoms with van der Waals surface area (Å²) in [5, 5.41) is 5.52. The number of rotatable bonds is 4. The van der Waals surface area contributed by atoms with Gasteiger partial charge in [0.15, 0.2) is 0 Å². The zero-order valence-electron chi connectivity index (χ0n) is 10.4. The number of nitrogens with one attached hydrogen (secondary N) is 1. The molecule has 0 aliphatic rings. The summed E-state index contributed by atoms with van der Waals surface area (Å²) < 4.78 is 5.10. The first-order chi connectivity index (χ1) is 7.87. The van der Waals surface area contributed by atoms with E-state index in [1.807, 2.05) is 26.2 Å². The van der Waals surface area contributed by atoms with E-state index in [4.69, 9.17) is 10.5 Å². The van der Waals surface area contributed by atoms with E-state index >= 15 is 0 Å². The van der Waals surface area contributed by atoms with Gasteiger partial charge in [-0.15, -0.1) is 11.3 Å². The zero-order valence-corrected chi connectivity index (χ0v) is 11.2. The third kappa shape index (κ3) is 6.23. The predicted octanol–water partition coefficient (Wildman–Crippen LogP) is 1.54. The lowest BCUT2D eigenvalue weighted by molar-refractivity contribution is 0.0524. The van der Waals surface area contributed by atoms with Crippen molar-refractivity contribution in [1.29, 1.82) is 0 Å². The van der Waals surface area contributed by atoms with Crippen molar-refractivity contribution in [2.75, 3.05) is 6.54 Å². The van der Waals surface area contributed by atoms with Gasteiger partial charge in [-0.1, -0.05) is 0 Å². The Balaban J connectivity index is 2.24. The lowest BCUT2D eigenvalue weighted by atomic mass is 10.2. The molecule has 0 fully saturated rings. The van der Waals surface area contributed by atoms with Gasteiger partial charge >= 0.3 is 6.09 Å². The van der Waals surface area contributed by atoms with Gasteiger partial charge in [-0.3, -0.25) is 0 Å². The van der Waals surface area contributed by atoms with Gasteiger partial charge in [0.05, 0.1) is 5.01 Å². The Morgan fingerprint density at radius 2 is 2.35 bits per heavy atom. The third-order valence-electron chi connectivity index (χ3n) is 1.83. The van der Waals surface area contributed by atoms with Crippen LogP contribution in [0.15, 0.2) is 11.6 Å². The molecule has 0 aliphatic heterocycles. The number of amides is 1. The highest BCUT2D eigenvalue weighted by Crippen LogP contribution is 2.07. The zero-order chi connectivity index (χ0) is 12.9. The maximum absolute atomic E-state index is 11.4. The molecule has 5 nitrogen and oxygen atoms in total. The van der Waals surface area contributed by atoms with Crippen molar-refractivity contribution in [3.63, 3.8) is 0 Å². The van der Waals surface area contributed by atoms with Crippen LogP contribution in [0.1, 0.15) is 25.8 Å². The number of nitrogens with zero attached hydrogens (tertiary/aromatic N) is 1. The Hall–Kier alpha value is -1.14. The number of carbonyl (C=O) groups excluding carboxylic acids is 1. The van der Waals surface area contributed by atoms with Crippen LogP contribution in [0.4, 0.5) is 4.79 Å². The largest absolute Gasteiger partial charge is 0.444 e. The maximum atomic E-state index is 11.4. The Morgan fingerprint density at radius 3 is 2.88 bits per heavy atom. The molecule has 0 radical (unpaired) electrons. The molecule has 1 aromatic rings. The first-order valence-electron chi connectivity index (χ1n) is 5.47. The number of aromatic nitrogens is 1. The van der Waals surface area contributed by atoms with Crippen molar-refractivity contribution >= 4 is 17.4 Å². The maximum Gasteiger partial charge on any atom is 0.407 e. The summed E-state index contributed by atoms with van der Waals surface area (Å²) in [7, 11) is 0. The average molecular weight is 257 g/mol. The van der Waals surface area contributed by atoms with Crippen molar-refractivity contribution in [2.24, 2.45) is 5.73 Å². The smallest absolute Gasteiger partial charge is 0.407 e. The highest BCUT2D eigenvalue weighted by Gasteiger charge is 2.16. The Morgan fingerprint density at radius 1 is 1.65 bits per heavy atom. The summed E-state index contributed by atoms with van der Waals surface area (Å²) in [4.78, 5) is 15.5. The number of nitrogens with two attached hydrogens (primary N) is 1. The molecule has 1 heterocycles. The highest BCUT2D eigenvalue weighted by molar-refractivity contribution is 7.09. The van der Waals surface area contributed by atoms with Crippen molar-refractivity contribution in [3.8, 4) is 0 Å². The van der Waals surface area contributed by atoms with E-state index in [1.165, 1.54) is 0 Å². The molecule has 3 N–H and O–H groups in total. The van der Waals surface area contributed by atoms with Gasteiger partial charge in [0, 0.05) is 30.6 Å². The first kappa shape index (κ1) is 13.9. The predicted molar refractivity (Wildman–Crippen MR) is 68.0 cm³/mol. The molecule has 0 aliphatic carbocycles. The van der Waals surface area contributed by atoms with Crippen molar-refractivity contribution in [1.82, 2.24) is 10.3 Å². The van der Waals surface area contributed by atoms with Crippen LogP contribution in [-0.2, 0) is 11.2 Å². The second-order valence-corrected chi connectivity index (χ2v) is 5.75. The Bertz CT molecular complexity index is 346. The van der Waals surface area contributed by atoms with Crippen LogP contribution in [0.25, 0.3) is 0 Å². The summed E-state index contributed by atoms with van der Waals surface area (Å²) in [5.41, 5.74) is 5.39. The lowest BCUT2D eigenvalue weighted by Gasteiger charge is -2.20. The second kappa shape index (κ2) is 5.97. The number of hydrogen-bond acceptors (Lipinski definition) is 5. The Labute approximate surface area is 105 Å². The lowest BCUT2D eigenvalue weighted by Crippen LogP contribution is -2.41. The van der Waals surface area contributed by atoms with E-state index in [1.54, 1.807) is 17.5 Å². The molecule has 1 amide bonds. The van der Waals surface area contributed by atoms with Crippen molar-refractivity contribution < 1.29 is 9.53 Å². The van der Waals surface area contributed by atoms with Gasteiger partial charge in [0.25, 0.3) is 0 Å². The van der Waals surface area contributed by atoms with Gasteiger partial charge in [-0.2, -0.15) is 0 Å². The minimum Gasteiger partial charge on any atom is -0.444 e. The molecule has 0 spiro atoms. The monoisotopic (exact) mass is 257 g/mol. The first-order valence-corrected chi connectivity index (χ1v) is 6.35. The number of thiazole rings is 1. The van der Waals surface area contributed by atoms with Crippen LogP contribution in [0.3, 0.4) is 0 Å². The van der Waals surface area contributed by atoms with Crippen molar-refractivity contribution in [2.45, 2.75) is 38.8 Å². The average Bonchev–Trinajstić information content (AvgIpc) is 2.64. The van der Waals surface area contributed by atoms with E-state index in [-0.39, 0.29) is 6.04 Å². The van der Waals surface area contributed by atoms with Crippen LogP contribution in [-0.4, -0.2) is 29.3 Å². The summed E-state index contributed by atoms with van der Waals surface area (Å²) in [5.74, 6) is 0. The molecule has 0 saturated carbocycles. The van der Waals surface area contributed by atoms with Gasteiger partial charge in [0.1, 0.15) is 5.60 Å². The van der Waals surface area contributed by atoms with Crippen molar-refractivity contribution in [3.05, 3.63) is 16.6 Å². The number of ether oxygens (including phenoxy) is 1. The van der Waals surface area contributed by atoms with Crippen LogP contribution in [0.2, 0.25) is 0 Å². The number of alkyl carbamates (subject to hydrolysis) is 1. The number of hydrogen-bond donors (Lipinski definition) is 2. The minimum atomic E-state index is -0.483. The molecule has 96 valence electrons. The van der Waals surface area contributed by atoms with E-state index in [2.05, 4.69) is 10.3 Å². The molecular formula is C11H19N3O2S. The summed E-state index contributed by atoms with van der Waals surface area (Å²) >= 11 is 1.56. The van der Waals surface area contributed by atoms with Gasteiger partial charge < -0.3 is 15.8 Å². The summed E-state index contributed by atoms with van der Waals surface area (Å²) in [6.45, 7) is 5.85. The molecule has 1 unspecified atom stereocenters. The normalized spacial score (nSPS) is 13.2. The van der Waals surface area contributed by atoms with E-state index in [9.17, 15) is 4.79 Å². The molecule has 17 heavy (non-hydrogen) atoms. The van der Waals surface area contributed by atoms with E-state index < -0.39 is 11.7 Å². The van der Waals surface area contributed by atoms with Gasteiger partial charge in [-0.05, 0) is 20.8 Å².